The van der Waals surface area contributed by atoms with Gasteiger partial charge in [0.1, 0.15) is 17.4 Å². The fourth-order valence-electron chi connectivity index (χ4n) is 4.02. The van der Waals surface area contributed by atoms with Crippen LogP contribution in [-0.4, -0.2) is 45.3 Å². The van der Waals surface area contributed by atoms with Crippen LogP contribution in [0.5, 0.6) is 5.75 Å². The number of halogens is 1. The Bertz CT molecular complexity index is 807. The van der Waals surface area contributed by atoms with E-state index in [1.54, 1.807) is 12.1 Å². The van der Waals surface area contributed by atoms with Crippen molar-refractivity contribution in [2.45, 2.75) is 51.0 Å². The normalized spacial score (nSPS) is 20.0. The molecule has 1 saturated heterocycles. The van der Waals surface area contributed by atoms with E-state index >= 15 is 0 Å². The van der Waals surface area contributed by atoms with Crippen molar-refractivity contribution in [1.29, 1.82) is 0 Å². The summed E-state index contributed by atoms with van der Waals surface area (Å²) in [6, 6.07) is 7.22. The van der Waals surface area contributed by atoms with Gasteiger partial charge in [-0.15, -0.1) is 10.2 Å². The number of ether oxygens (including phenoxy) is 1. The molecule has 27 heavy (non-hydrogen) atoms. The summed E-state index contributed by atoms with van der Waals surface area (Å²) in [5.41, 5.74) is 0. The minimum absolute atomic E-state index is 0.00442. The number of aryl methyl sites for hydroxylation is 1. The van der Waals surface area contributed by atoms with Crippen molar-refractivity contribution >= 4 is 17.5 Å². The second-order valence-corrected chi connectivity index (χ2v) is 7.74. The van der Waals surface area contributed by atoms with Gasteiger partial charge >= 0.3 is 0 Å². The Morgan fingerprint density at radius 1 is 1.15 bits per heavy atom. The average molecular weight is 389 g/mol. The molecule has 0 saturated carbocycles. The van der Waals surface area contributed by atoms with Gasteiger partial charge in [-0.1, -0.05) is 30.2 Å². The molecule has 0 spiro atoms. The molecule has 1 unspecified atom stereocenters. The fourth-order valence-corrected chi connectivity index (χ4v) is 4.21. The Balaban J connectivity index is 1.40. The van der Waals surface area contributed by atoms with Crippen LogP contribution in [0.15, 0.2) is 24.3 Å². The van der Waals surface area contributed by atoms with Crippen LogP contribution in [0.25, 0.3) is 0 Å². The van der Waals surface area contributed by atoms with E-state index in [1.165, 1.54) is 19.3 Å². The second-order valence-electron chi connectivity index (χ2n) is 7.33. The third kappa shape index (κ3) is 4.10. The van der Waals surface area contributed by atoms with E-state index in [9.17, 15) is 4.79 Å². The second kappa shape index (κ2) is 8.30. The van der Waals surface area contributed by atoms with Crippen LogP contribution in [0, 0.1) is 0 Å². The Kier molecular flexibility index (Phi) is 5.62. The highest BCUT2D eigenvalue weighted by Crippen LogP contribution is 2.28. The van der Waals surface area contributed by atoms with Crippen LogP contribution < -0.4 is 4.74 Å². The lowest BCUT2D eigenvalue weighted by atomic mass is 9.97. The Hall–Kier alpha value is -2.08. The molecule has 144 valence electrons. The number of rotatable bonds is 4. The van der Waals surface area contributed by atoms with Gasteiger partial charge in [0.15, 0.2) is 6.61 Å². The summed E-state index contributed by atoms with van der Waals surface area (Å²) in [5, 5.41) is 9.43. The van der Waals surface area contributed by atoms with Gasteiger partial charge in [-0.25, -0.2) is 0 Å². The molecule has 2 aromatic rings. The lowest BCUT2D eigenvalue weighted by Gasteiger charge is -2.32. The standard InChI is InChI=1S/C20H25ClN4O2/c21-16-8-3-4-9-17(16)27-14-19(26)24-11-6-7-15(13-24)20-23-22-18-10-2-1-5-12-25(18)20/h3-4,8-9,15H,1-2,5-7,10-14H2. The Labute approximate surface area is 164 Å². The molecule has 4 rings (SSSR count). The van der Waals surface area contributed by atoms with Gasteiger partial charge in [0, 0.05) is 32.0 Å². The maximum atomic E-state index is 12.7. The maximum absolute atomic E-state index is 12.7. The predicted molar refractivity (Wildman–Crippen MR) is 103 cm³/mol. The summed E-state index contributed by atoms with van der Waals surface area (Å²) < 4.78 is 7.93. The third-order valence-electron chi connectivity index (χ3n) is 5.47. The van der Waals surface area contributed by atoms with Crippen molar-refractivity contribution in [3.8, 4) is 5.75 Å². The molecule has 1 aromatic carbocycles. The monoisotopic (exact) mass is 388 g/mol. The zero-order valence-corrected chi connectivity index (χ0v) is 16.2. The number of amides is 1. The van der Waals surface area contributed by atoms with Crippen molar-refractivity contribution in [2.75, 3.05) is 19.7 Å². The van der Waals surface area contributed by atoms with Crippen LogP contribution in [0.1, 0.15) is 49.7 Å². The van der Waals surface area contributed by atoms with Crippen molar-refractivity contribution < 1.29 is 9.53 Å². The fraction of sp³-hybridized carbons (Fsp3) is 0.550. The van der Waals surface area contributed by atoms with Crippen LogP contribution >= 0.6 is 11.6 Å². The first-order valence-corrected chi connectivity index (χ1v) is 10.2. The van der Waals surface area contributed by atoms with E-state index in [4.69, 9.17) is 16.3 Å². The summed E-state index contributed by atoms with van der Waals surface area (Å²) in [5.74, 6) is 2.95. The van der Waals surface area contributed by atoms with Crippen LogP contribution in [0.2, 0.25) is 5.02 Å². The number of piperidine rings is 1. The summed E-state index contributed by atoms with van der Waals surface area (Å²) in [4.78, 5) is 14.5. The number of fused-ring (bicyclic) bond motifs is 1. The highest BCUT2D eigenvalue weighted by atomic mass is 35.5. The number of nitrogens with zero attached hydrogens (tertiary/aromatic N) is 4. The molecule has 1 fully saturated rings. The van der Waals surface area contributed by atoms with Crippen molar-refractivity contribution in [1.82, 2.24) is 19.7 Å². The number of aromatic nitrogens is 3. The summed E-state index contributed by atoms with van der Waals surface area (Å²) in [6.45, 7) is 2.46. The van der Waals surface area contributed by atoms with Crippen LogP contribution in [-0.2, 0) is 17.8 Å². The average Bonchev–Trinajstić information content (AvgIpc) is 2.95. The molecular weight excluding hydrogens is 364 g/mol. The van der Waals surface area contributed by atoms with E-state index in [-0.39, 0.29) is 18.4 Å². The molecule has 7 heteroatoms. The zero-order chi connectivity index (χ0) is 18.6. The van der Waals surface area contributed by atoms with E-state index in [1.807, 2.05) is 17.0 Å². The molecule has 2 aliphatic rings. The first-order valence-electron chi connectivity index (χ1n) is 9.79. The lowest BCUT2D eigenvalue weighted by molar-refractivity contribution is -0.134. The first-order chi connectivity index (χ1) is 13.2. The molecular formula is C20H25ClN4O2. The summed E-state index contributed by atoms with van der Waals surface area (Å²) in [6.07, 6.45) is 6.65. The van der Waals surface area contributed by atoms with Gasteiger partial charge in [0.25, 0.3) is 5.91 Å². The molecule has 1 atom stereocenters. The molecule has 2 aliphatic heterocycles. The third-order valence-corrected chi connectivity index (χ3v) is 5.78. The molecule has 0 N–H and O–H groups in total. The zero-order valence-electron chi connectivity index (χ0n) is 15.4. The van der Waals surface area contributed by atoms with Crippen LogP contribution in [0.4, 0.5) is 0 Å². The molecule has 0 radical (unpaired) electrons. The molecule has 0 bridgehead atoms. The smallest absolute Gasteiger partial charge is 0.260 e. The van der Waals surface area contributed by atoms with Crippen LogP contribution in [0.3, 0.4) is 0 Å². The SMILES string of the molecule is O=C(COc1ccccc1Cl)N1CCCC(c2nnc3n2CCCCC3)C1. The largest absolute Gasteiger partial charge is 0.482 e. The molecule has 3 heterocycles. The van der Waals surface area contributed by atoms with Crippen molar-refractivity contribution in [2.24, 2.45) is 0 Å². The molecule has 0 aliphatic carbocycles. The minimum Gasteiger partial charge on any atom is -0.482 e. The van der Waals surface area contributed by atoms with Gasteiger partial charge in [-0.3, -0.25) is 4.79 Å². The van der Waals surface area contributed by atoms with Gasteiger partial charge in [-0.05, 0) is 37.8 Å². The quantitative estimate of drug-likeness (QED) is 0.804. The van der Waals surface area contributed by atoms with E-state index in [0.29, 0.717) is 17.3 Å². The topological polar surface area (TPSA) is 60.2 Å². The van der Waals surface area contributed by atoms with Crippen molar-refractivity contribution in [3.05, 3.63) is 40.9 Å². The number of hydrogen-bond acceptors (Lipinski definition) is 4. The first kappa shape index (κ1) is 18.3. The highest BCUT2D eigenvalue weighted by Gasteiger charge is 2.29. The predicted octanol–water partition coefficient (Wildman–Crippen LogP) is 3.44. The number of hydrogen-bond donors (Lipinski definition) is 0. The molecule has 1 aromatic heterocycles. The summed E-state index contributed by atoms with van der Waals surface area (Å²) in [7, 11) is 0. The van der Waals surface area contributed by atoms with Gasteiger partial charge < -0.3 is 14.2 Å². The Morgan fingerprint density at radius 3 is 2.93 bits per heavy atom. The lowest BCUT2D eigenvalue weighted by Crippen LogP contribution is -2.42. The van der Waals surface area contributed by atoms with Gasteiger partial charge in [0.05, 0.1) is 5.02 Å². The number of benzene rings is 1. The van der Waals surface area contributed by atoms with Gasteiger partial charge in [0.2, 0.25) is 0 Å². The minimum atomic E-state index is -0.00442. The number of likely N-dealkylation sites (tertiary alicyclic amines) is 1. The van der Waals surface area contributed by atoms with Crippen molar-refractivity contribution in [3.63, 3.8) is 0 Å². The van der Waals surface area contributed by atoms with E-state index in [2.05, 4.69) is 14.8 Å². The summed E-state index contributed by atoms with van der Waals surface area (Å²) >= 11 is 6.10. The number of para-hydroxylation sites is 1. The maximum Gasteiger partial charge on any atom is 0.260 e. The van der Waals surface area contributed by atoms with E-state index < -0.39 is 0 Å². The Morgan fingerprint density at radius 2 is 2.04 bits per heavy atom. The van der Waals surface area contributed by atoms with Gasteiger partial charge in [-0.2, -0.15) is 0 Å². The molecule has 6 nitrogen and oxygen atoms in total. The highest BCUT2D eigenvalue weighted by molar-refractivity contribution is 6.32. The molecule has 1 amide bonds. The van der Waals surface area contributed by atoms with E-state index in [0.717, 1.165) is 44.0 Å². The number of carbonyl (C=O) groups excluding carboxylic acids is 1. The number of carbonyl (C=O) groups is 1.